The van der Waals surface area contributed by atoms with Crippen LogP contribution in [0.5, 0.6) is 5.75 Å². The van der Waals surface area contributed by atoms with Gasteiger partial charge in [-0.25, -0.2) is 13.2 Å². The van der Waals surface area contributed by atoms with Gasteiger partial charge >= 0.3 is 6.11 Å². The second kappa shape index (κ2) is 13.9. The zero-order valence-corrected chi connectivity index (χ0v) is 25.1. The average molecular weight is 613 g/mol. The van der Waals surface area contributed by atoms with Crippen molar-refractivity contribution in [3.05, 3.63) is 149 Å². The third-order valence-electron chi connectivity index (χ3n) is 7.69. The molecule has 0 aromatic heterocycles. The molecule has 0 aliphatic carbocycles. The summed E-state index contributed by atoms with van der Waals surface area (Å²) in [5.74, 6) is -2.13. The highest BCUT2D eigenvalue weighted by atomic mass is 19.3. The third-order valence-corrected chi connectivity index (χ3v) is 7.69. The van der Waals surface area contributed by atoms with E-state index in [0.29, 0.717) is 28.7 Å². The van der Waals surface area contributed by atoms with E-state index in [1.54, 1.807) is 24.3 Å². The molecule has 0 saturated carbocycles. The Hall–Kier alpha value is -4.71. The molecule has 0 saturated heterocycles. The van der Waals surface area contributed by atoms with E-state index in [1.165, 1.54) is 42.0 Å². The Labute approximate surface area is 260 Å². The van der Waals surface area contributed by atoms with Crippen molar-refractivity contribution in [2.75, 3.05) is 0 Å². The van der Waals surface area contributed by atoms with Gasteiger partial charge in [-0.3, -0.25) is 0 Å². The van der Waals surface area contributed by atoms with Crippen molar-refractivity contribution in [2.45, 2.75) is 45.6 Å². The van der Waals surface area contributed by atoms with E-state index in [-0.39, 0.29) is 16.9 Å². The third kappa shape index (κ3) is 7.51. The minimum Gasteiger partial charge on any atom is -0.429 e. The molecule has 0 aliphatic rings. The van der Waals surface area contributed by atoms with Crippen molar-refractivity contribution in [3.63, 3.8) is 0 Å². The molecule has 0 amide bonds. The van der Waals surface area contributed by atoms with Crippen LogP contribution in [0.1, 0.15) is 43.4 Å². The Kier molecular flexibility index (Phi) is 9.82. The SMILES string of the molecule is CC=CCCc1ccc(-c2ccc(-c3ccc(C(F)(F)Oc4ccc(-c5ccc(CCC)c(F)c5)c(F)c4)cc3)c(F)c2)cc1. The predicted molar refractivity (Wildman–Crippen MR) is 171 cm³/mol. The first-order chi connectivity index (χ1) is 21.7. The van der Waals surface area contributed by atoms with E-state index < -0.39 is 29.1 Å². The molecule has 5 rings (SSSR count). The molecular formula is C39H33F5O. The van der Waals surface area contributed by atoms with Gasteiger partial charge in [0.2, 0.25) is 0 Å². The highest BCUT2D eigenvalue weighted by Crippen LogP contribution is 2.36. The van der Waals surface area contributed by atoms with Crippen LogP contribution in [0.4, 0.5) is 22.0 Å². The summed E-state index contributed by atoms with van der Waals surface area (Å²) in [6.07, 6.45) is 3.56. The maximum Gasteiger partial charge on any atom is 0.426 e. The summed E-state index contributed by atoms with van der Waals surface area (Å²) in [5.41, 5.74) is 3.91. The van der Waals surface area contributed by atoms with E-state index in [1.807, 2.05) is 44.2 Å². The van der Waals surface area contributed by atoms with E-state index in [4.69, 9.17) is 4.74 Å². The molecule has 0 spiro atoms. The molecule has 0 heterocycles. The van der Waals surface area contributed by atoms with Gasteiger partial charge in [0.05, 0.1) is 5.56 Å². The fourth-order valence-electron chi connectivity index (χ4n) is 5.24. The zero-order valence-electron chi connectivity index (χ0n) is 25.1. The summed E-state index contributed by atoms with van der Waals surface area (Å²) in [7, 11) is 0. The molecule has 0 unspecified atom stereocenters. The van der Waals surface area contributed by atoms with Gasteiger partial charge in [0, 0.05) is 17.2 Å². The molecule has 1 nitrogen and oxygen atoms in total. The Morgan fingerprint density at radius 2 is 1.22 bits per heavy atom. The molecule has 5 aromatic carbocycles. The topological polar surface area (TPSA) is 9.23 Å². The zero-order chi connectivity index (χ0) is 32.0. The number of hydrogen-bond acceptors (Lipinski definition) is 1. The number of halogens is 5. The summed E-state index contributed by atoms with van der Waals surface area (Å²) in [6.45, 7) is 3.92. The van der Waals surface area contributed by atoms with Crippen LogP contribution in [0, 0.1) is 17.5 Å². The highest BCUT2D eigenvalue weighted by molar-refractivity contribution is 5.71. The number of benzene rings is 5. The molecule has 0 N–H and O–H groups in total. The fraction of sp³-hybridized carbons (Fsp3) is 0.179. The molecule has 6 heteroatoms. The van der Waals surface area contributed by atoms with Crippen molar-refractivity contribution >= 4 is 0 Å². The Balaban J connectivity index is 1.28. The van der Waals surface area contributed by atoms with Crippen LogP contribution in [0.2, 0.25) is 0 Å². The lowest BCUT2D eigenvalue weighted by Gasteiger charge is -2.19. The molecule has 0 radical (unpaired) electrons. The average Bonchev–Trinajstić information content (AvgIpc) is 3.02. The van der Waals surface area contributed by atoms with Crippen molar-refractivity contribution < 1.29 is 26.7 Å². The molecule has 0 fully saturated rings. The van der Waals surface area contributed by atoms with Gasteiger partial charge in [-0.15, -0.1) is 0 Å². The monoisotopic (exact) mass is 612 g/mol. The van der Waals surface area contributed by atoms with Gasteiger partial charge in [-0.1, -0.05) is 86.2 Å². The molecule has 230 valence electrons. The second-order valence-electron chi connectivity index (χ2n) is 10.9. The largest absolute Gasteiger partial charge is 0.429 e. The first kappa shape index (κ1) is 31.7. The van der Waals surface area contributed by atoms with Crippen molar-refractivity contribution in [1.29, 1.82) is 0 Å². The number of alkyl halides is 2. The molecule has 0 atom stereocenters. The van der Waals surface area contributed by atoms with Crippen molar-refractivity contribution in [1.82, 2.24) is 0 Å². The summed E-state index contributed by atoms with van der Waals surface area (Å²) >= 11 is 0. The summed E-state index contributed by atoms with van der Waals surface area (Å²) in [6, 6.07) is 25.7. The van der Waals surface area contributed by atoms with E-state index in [9.17, 15) is 8.78 Å². The smallest absolute Gasteiger partial charge is 0.426 e. The number of ether oxygens (including phenoxy) is 1. The van der Waals surface area contributed by atoms with E-state index in [2.05, 4.69) is 6.08 Å². The lowest BCUT2D eigenvalue weighted by atomic mass is 9.97. The molecule has 5 aromatic rings. The summed E-state index contributed by atoms with van der Waals surface area (Å²) < 4.78 is 79.4. The second-order valence-corrected chi connectivity index (χ2v) is 10.9. The predicted octanol–water partition coefficient (Wildman–Crippen LogP) is 11.7. The first-order valence-corrected chi connectivity index (χ1v) is 14.9. The summed E-state index contributed by atoms with van der Waals surface area (Å²) in [4.78, 5) is 0. The lowest BCUT2D eigenvalue weighted by molar-refractivity contribution is -0.185. The number of hydrogen-bond donors (Lipinski definition) is 0. The number of rotatable bonds is 11. The number of allylic oxidation sites excluding steroid dienone is 2. The van der Waals surface area contributed by atoms with Crippen LogP contribution >= 0.6 is 0 Å². The number of aryl methyl sites for hydroxylation is 2. The highest BCUT2D eigenvalue weighted by Gasteiger charge is 2.35. The molecule has 45 heavy (non-hydrogen) atoms. The molecule has 0 aliphatic heterocycles. The van der Waals surface area contributed by atoms with Gasteiger partial charge in [0.1, 0.15) is 23.2 Å². The van der Waals surface area contributed by atoms with E-state index in [0.717, 1.165) is 43.0 Å². The van der Waals surface area contributed by atoms with Crippen molar-refractivity contribution in [3.8, 4) is 39.1 Å². The summed E-state index contributed by atoms with van der Waals surface area (Å²) in [5, 5.41) is 0. The Bertz CT molecular complexity index is 1790. The normalized spacial score (nSPS) is 11.7. The minimum atomic E-state index is -3.79. The fourth-order valence-corrected chi connectivity index (χ4v) is 5.24. The van der Waals surface area contributed by atoms with Crippen LogP contribution < -0.4 is 4.74 Å². The van der Waals surface area contributed by atoms with Gasteiger partial charge in [-0.2, -0.15) is 8.78 Å². The maximum absolute atomic E-state index is 15.2. The van der Waals surface area contributed by atoms with E-state index >= 15 is 13.2 Å². The van der Waals surface area contributed by atoms with Crippen LogP contribution in [-0.2, 0) is 19.0 Å². The van der Waals surface area contributed by atoms with Gasteiger partial charge in [0.15, 0.2) is 0 Å². The van der Waals surface area contributed by atoms with Crippen LogP contribution in [0.3, 0.4) is 0 Å². The van der Waals surface area contributed by atoms with Gasteiger partial charge in [-0.05, 0) is 96.0 Å². The Morgan fingerprint density at radius 3 is 1.87 bits per heavy atom. The first-order valence-electron chi connectivity index (χ1n) is 14.9. The standard InChI is InChI=1S/C39H33F5O/c1-3-5-6-8-26-9-11-27(12-10-26)30-17-21-34(37(41)23-30)28-15-18-32(19-16-28)39(43,44)45-33-20-22-35(38(42)25-33)31-14-13-29(7-4-2)36(40)24-31/h3,5,9-25H,4,6-8H2,1-2H3. The Morgan fingerprint density at radius 1 is 0.622 bits per heavy atom. The van der Waals surface area contributed by atoms with Crippen LogP contribution in [0.15, 0.2) is 115 Å². The molecule has 0 bridgehead atoms. The van der Waals surface area contributed by atoms with Crippen LogP contribution in [-0.4, -0.2) is 0 Å². The van der Waals surface area contributed by atoms with Crippen molar-refractivity contribution in [2.24, 2.45) is 0 Å². The van der Waals surface area contributed by atoms with Gasteiger partial charge in [0.25, 0.3) is 0 Å². The maximum atomic E-state index is 15.2. The molecular weight excluding hydrogens is 579 g/mol. The minimum absolute atomic E-state index is 0.0714. The van der Waals surface area contributed by atoms with Gasteiger partial charge < -0.3 is 4.74 Å². The van der Waals surface area contributed by atoms with Crippen LogP contribution in [0.25, 0.3) is 33.4 Å². The lowest BCUT2D eigenvalue weighted by Crippen LogP contribution is -2.21. The quantitative estimate of drug-likeness (QED) is 0.107.